The molecule has 0 saturated carbocycles. The molecule has 2 aromatic rings. The number of para-hydroxylation sites is 1. The van der Waals surface area contributed by atoms with Crippen LogP contribution in [0.3, 0.4) is 0 Å². The van der Waals surface area contributed by atoms with Crippen LogP contribution in [0, 0.1) is 0 Å². The van der Waals surface area contributed by atoms with Crippen LogP contribution in [0.1, 0.15) is 12.0 Å². The zero-order valence-electron chi connectivity index (χ0n) is 15.3. The third-order valence-corrected chi connectivity index (χ3v) is 4.16. The van der Waals surface area contributed by atoms with Gasteiger partial charge in [0.2, 0.25) is 5.91 Å². The minimum atomic E-state index is -0.0556. The normalized spacial score (nSPS) is 10.6. The lowest BCUT2D eigenvalue weighted by Crippen LogP contribution is -2.38. The minimum absolute atomic E-state index is 0. The van der Waals surface area contributed by atoms with E-state index in [-0.39, 0.29) is 29.9 Å². The molecule has 8 heteroatoms. The number of halogens is 2. The van der Waals surface area contributed by atoms with Gasteiger partial charge in [0.05, 0.1) is 7.11 Å². The molecule has 0 radical (unpaired) electrons. The smallest absolute Gasteiger partial charge is 0.226 e. The summed E-state index contributed by atoms with van der Waals surface area (Å²) in [7, 11) is 3.34. The number of amides is 1. The van der Waals surface area contributed by atoms with Gasteiger partial charge < -0.3 is 20.7 Å². The number of hydrogen-bond acceptors (Lipinski definition) is 3. The number of guanidine groups is 1. The van der Waals surface area contributed by atoms with E-state index < -0.39 is 0 Å². The molecule has 6 nitrogen and oxygen atoms in total. The molecule has 0 aliphatic carbocycles. The van der Waals surface area contributed by atoms with Crippen LogP contribution >= 0.6 is 39.9 Å². The number of nitrogens with one attached hydrogen (secondary N) is 3. The zero-order valence-corrected chi connectivity index (χ0v) is 19.2. The molecule has 2 aromatic carbocycles. The highest BCUT2D eigenvalue weighted by Crippen LogP contribution is 2.16. The first-order chi connectivity index (χ1) is 12.6. The zero-order chi connectivity index (χ0) is 18.8. The summed E-state index contributed by atoms with van der Waals surface area (Å²) in [4.78, 5) is 16.2. The summed E-state index contributed by atoms with van der Waals surface area (Å²) < 4.78 is 6.31. The van der Waals surface area contributed by atoms with Crippen LogP contribution < -0.4 is 20.7 Å². The van der Waals surface area contributed by atoms with Crippen molar-refractivity contribution in [2.75, 3.05) is 26.0 Å². The lowest BCUT2D eigenvalue weighted by molar-refractivity contribution is -0.116. The highest BCUT2D eigenvalue weighted by atomic mass is 127. The second kappa shape index (κ2) is 12.6. The predicted octanol–water partition coefficient (Wildman–Crippen LogP) is 3.77. The number of carbonyl (C=O) groups excluding carboxylic acids is 1. The standard InChI is InChI=1S/C19H23BrN4O2.HI/c1-21-19(23-13-14-5-3-4-6-17(14)26-2)22-12-11-18(25)24-16-9-7-15(20)8-10-16;/h3-10H,11-13H2,1-2H3,(H,24,25)(H2,21,22,23);1H. The van der Waals surface area contributed by atoms with Crippen molar-refractivity contribution in [3.05, 3.63) is 58.6 Å². The SMILES string of the molecule is CN=C(NCCC(=O)Nc1ccc(Br)cc1)NCc1ccccc1OC.I. The van der Waals surface area contributed by atoms with Gasteiger partial charge in [0.1, 0.15) is 5.75 Å². The monoisotopic (exact) mass is 546 g/mol. The lowest BCUT2D eigenvalue weighted by Gasteiger charge is -2.13. The molecular weight excluding hydrogens is 523 g/mol. The van der Waals surface area contributed by atoms with Crippen LogP contribution in [-0.2, 0) is 11.3 Å². The fourth-order valence-electron chi connectivity index (χ4n) is 2.30. The molecular formula is C19H24BrIN4O2. The second-order valence-corrected chi connectivity index (χ2v) is 6.39. The van der Waals surface area contributed by atoms with Crippen LogP contribution in [0.2, 0.25) is 0 Å². The summed E-state index contributed by atoms with van der Waals surface area (Å²) in [6, 6.07) is 15.3. The van der Waals surface area contributed by atoms with Crippen molar-refractivity contribution < 1.29 is 9.53 Å². The van der Waals surface area contributed by atoms with Crippen LogP contribution in [-0.4, -0.2) is 32.6 Å². The number of ether oxygens (including phenoxy) is 1. The van der Waals surface area contributed by atoms with Gasteiger partial charge in [-0.05, 0) is 30.3 Å². The number of aliphatic imine (C=N–C) groups is 1. The fraction of sp³-hybridized carbons (Fsp3) is 0.263. The number of anilines is 1. The molecule has 0 saturated heterocycles. The topological polar surface area (TPSA) is 74.8 Å². The molecule has 0 atom stereocenters. The Morgan fingerprint density at radius 3 is 2.48 bits per heavy atom. The first-order valence-electron chi connectivity index (χ1n) is 8.24. The van der Waals surface area contributed by atoms with E-state index in [4.69, 9.17) is 4.74 Å². The van der Waals surface area contributed by atoms with Crippen LogP contribution in [0.5, 0.6) is 5.75 Å². The fourth-order valence-corrected chi connectivity index (χ4v) is 2.56. The molecule has 0 aliphatic heterocycles. The molecule has 0 unspecified atom stereocenters. The summed E-state index contributed by atoms with van der Waals surface area (Å²) in [6.07, 6.45) is 0.339. The maximum atomic E-state index is 12.0. The number of benzene rings is 2. The van der Waals surface area contributed by atoms with Crippen molar-refractivity contribution in [1.29, 1.82) is 0 Å². The van der Waals surface area contributed by atoms with Gasteiger partial charge in [0.15, 0.2) is 5.96 Å². The van der Waals surface area contributed by atoms with Crippen molar-refractivity contribution in [1.82, 2.24) is 10.6 Å². The van der Waals surface area contributed by atoms with Gasteiger partial charge in [-0.1, -0.05) is 34.1 Å². The molecule has 1 amide bonds. The summed E-state index contributed by atoms with van der Waals surface area (Å²) >= 11 is 3.37. The van der Waals surface area contributed by atoms with E-state index >= 15 is 0 Å². The average Bonchev–Trinajstić information content (AvgIpc) is 2.66. The van der Waals surface area contributed by atoms with E-state index in [1.54, 1.807) is 14.2 Å². The lowest BCUT2D eigenvalue weighted by atomic mass is 10.2. The molecule has 0 aromatic heterocycles. The molecule has 0 aliphatic rings. The Morgan fingerprint density at radius 1 is 1.11 bits per heavy atom. The Balaban J connectivity index is 0.00000364. The van der Waals surface area contributed by atoms with E-state index in [9.17, 15) is 4.79 Å². The van der Waals surface area contributed by atoms with E-state index in [0.717, 1.165) is 21.5 Å². The number of carbonyl (C=O) groups is 1. The number of hydrogen-bond donors (Lipinski definition) is 3. The predicted molar refractivity (Wildman–Crippen MR) is 124 cm³/mol. The van der Waals surface area contributed by atoms with E-state index in [2.05, 4.69) is 36.9 Å². The second-order valence-electron chi connectivity index (χ2n) is 5.47. The van der Waals surface area contributed by atoms with Gasteiger partial charge >= 0.3 is 0 Å². The molecule has 27 heavy (non-hydrogen) atoms. The average molecular weight is 547 g/mol. The maximum Gasteiger partial charge on any atom is 0.226 e. The van der Waals surface area contributed by atoms with E-state index in [0.29, 0.717) is 25.5 Å². The first-order valence-corrected chi connectivity index (χ1v) is 9.03. The first kappa shape index (κ1) is 23.2. The Morgan fingerprint density at radius 2 is 1.81 bits per heavy atom. The Hall–Kier alpha value is -1.81. The third-order valence-electron chi connectivity index (χ3n) is 3.63. The van der Waals surface area contributed by atoms with Crippen molar-refractivity contribution in [2.24, 2.45) is 4.99 Å². The van der Waals surface area contributed by atoms with Crippen molar-refractivity contribution in [3.63, 3.8) is 0 Å². The van der Waals surface area contributed by atoms with Gasteiger partial charge in [0, 0.05) is 42.3 Å². The molecule has 0 fully saturated rings. The van der Waals surface area contributed by atoms with E-state index in [1.165, 1.54) is 0 Å². The van der Waals surface area contributed by atoms with Gasteiger partial charge in [-0.3, -0.25) is 9.79 Å². The van der Waals surface area contributed by atoms with Crippen molar-refractivity contribution >= 4 is 57.5 Å². The van der Waals surface area contributed by atoms with Crippen LogP contribution in [0.4, 0.5) is 5.69 Å². The number of methoxy groups -OCH3 is 1. The number of rotatable bonds is 7. The minimum Gasteiger partial charge on any atom is -0.496 e. The van der Waals surface area contributed by atoms with E-state index in [1.807, 2.05) is 48.5 Å². The summed E-state index contributed by atoms with van der Waals surface area (Å²) in [5.74, 6) is 1.40. The molecule has 2 rings (SSSR count). The highest BCUT2D eigenvalue weighted by molar-refractivity contribution is 14.0. The summed E-state index contributed by atoms with van der Waals surface area (Å²) in [5.41, 5.74) is 1.81. The quantitative estimate of drug-likeness (QED) is 0.281. The summed E-state index contributed by atoms with van der Waals surface area (Å²) in [5, 5.41) is 9.20. The van der Waals surface area contributed by atoms with Gasteiger partial charge in [0.25, 0.3) is 0 Å². The highest BCUT2D eigenvalue weighted by Gasteiger charge is 2.05. The van der Waals surface area contributed by atoms with Crippen LogP contribution in [0.15, 0.2) is 58.0 Å². The molecule has 0 bridgehead atoms. The maximum absolute atomic E-state index is 12.0. The Bertz CT molecular complexity index is 754. The van der Waals surface area contributed by atoms with Gasteiger partial charge in [-0.25, -0.2) is 0 Å². The number of nitrogens with zero attached hydrogens (tertiary/aromatic N) is 1. The Labute approximate surface area is 185 Å². The summed E-state index contributed by atoms with van der Waals surface area (Å²) in [6.45, 7) is 1.06. The molecule has 146 valence electrons. The van der Waals surface area contributed by atoms with Crippen molar-refractivity contribution in [2.45, 2.75) is 13.0 Å². The molecule has 0 spiro atoms. The molecule has 3 N–H and O–H groups in total. The van der Waals surface area contributed by atoms with Crippen LogP contribution in [0.25, 0.3) is 0 Å². The van der Waals surface area contributed by atoms with Gasteiger partial charge in [-0.15, -0.1) is 24.0 Å². The van der Waals surface area contributed by atoms with Gasteiger partial charge in [-0.2, -0.15) is 0 Å². The molecule has 0 heterocycles. The van der Waals surface area contributed by atoms with Crippen molar-refractivity contribution in [3.8, 4) is 5.75 Å². The largest absolute Gasteiger partial charge is 0.496 e. The Kier molecular flexibility index (Phi) is 10.8. The third kappa shape index (κ3) is 8.17.